The predicted octanol–water partition coefficient (Wildman–Crippen LogP) is 0.576. The molecule has 0 aromatic carbocycles. The van der Waals surface area contributed by atoms with Crippen LogP contribution in [0.2, 0.25) is 0 Å². The maximum absolute atomic E-state index is 6.25. The molecular weight excluding hydrogens is 355 g/mol. The van der Waals surface area contributed by atoms with Crippen molar-refractivity contribution in [1.82, 2.24) is 0 Å². The van der Waals surface area contributed by atoms with E-state index in [2.05, 4.69) is 0 Å². The van der Waals surface area contributed by atoms with Crippen molar-refractivity contribution >= 4 is 0 Å². The van der Waals surface area contributed by atoms with E-state index >= 15 is 0 Å². The molecule has 0 spiro atoms. The van der Waals surface area contributed by atoms with Gasteiger partial charge in [-0.1, -0.05) is 0 Å². The van der Waals surface area contributed by atoms with Gasteiger partial charge in [-0.3, -0.25) is 0 Å². The third kappa shape index (κ3) is 754. The van der Waals surface area contributed by atoms with Crippen LogP contribution >= 0.6 is 0 Å². The Labute approximate surface area is 128 Å². The summed E-state index contributed by atoms with van der Waals surface area (Å²) in [7, 11) is 0. The van der Waals surface area contributed by atoms with Crippen LogP contribution in [0.25, 0.3) is 0 Å². The van der Waals surface area contributed by atoms with Gasteiger partial charge in [0.2, 0.25) is 0 Å². The molecular formula is C6CeCoN6. The second-order valence-corrected chi connectivity index (χ2v) is 0. The Morgan fingerprint density at radius 2 is 0.357 bits per heavy atom. The maximum Gasteiger partial charge on any atom is 3.00 e. The zero-order chi connectivity index (χ0) is 12.0. The standard InChI is InChI=1S/6CN.Ce.Co/c6*1-2;;/q6*-1;2*+3. The van der Waals surface area contributed by atoms with Gasteiger partial charge in [-0.25, -0.2) is 0 Å². The Hall–Kier alpha value is -1.18. The Bertz CT molecular complexity index is 97.3. The second-order valence-electron chi connectivity index (χ2n) is 0. The average Bonchev–Trinajstić information content (AvgIpc) is 2.33. The fourth-order valence-electron chi connectivity index (χ4n) is 0. The topological polar surface area (TPSA) is 143 Å². The van der Waals surface area contributed by atoms with Gasteiger partial charge in [0.05, 0.1) is 0 Å². The molecule has 67 valence electrons. The van der Waals surface area contributed by atoms with Crippen LogP contribution in [-0.2, 0) is 16.8 Å². The summed E-state index contributed by atoms with van der Waals surface area (Å²) in [5, 5.41) is 37.5. The van der Waals surface area contributed by atoms with E-state index in [0.29, 0.717) is 0 Å². The SMILES string of the molecule is [C-]#N.[C-]#N.[C-]#N.[C-]#N.[C-]#N.[C-]#N.[Ce+3].[Co+3]. The van der Waals surface area contributed by atoms with Crippen LogP contribution in [0.1, 0.15) is 0 Å². The third-order valence-corrected chi connectivity index (χ3v) is 0. The Balaban J connectivity index is -0.00000000500. The molecule has 0 saturated carbocycles. The molecule has 0 aromatic heterocycles. The molecule has 8 heteroatoms. The zero-order valence-electron chi connectivity index (χ0n) is 6.52. The Kier molecular flexibility index (Phi) is 5500. The van der Waals surface area contributed by atoms with Crippen molar-refractivity contribution in [2.45, 2.75) is 0 Å². The van der Waals surface area contributed by atoms with Gasteiger partial charge in [0.25, 0.3) is 0 Å². The summed E-state index contributed by atoms with van der Waals surface area (Å²) in [6.07, 6.45) is 0. The molecule has 0 saturated heterocycles. The van der Waals surface area contributed by atoms with Gasteiger partial charge in [0, 0.05) is 0 Å². The molecule has 1 radical (unpaired) electrons. The number of rotatable bonds is 0. The molecule has 14 heavy (non-hydrogen) atoms. The predicted molar refractivity (Wildman–Crippen MR) is 29.8 cm³/mol. The number of hydrogen-bond acceptors (Lipinski definition) is 6. The van der Waals surface area contributed by atoms with E-state index in [1.807, 2.05) is 0 Å². The van der Waals surface area contributed by atoms with Crippen molar-refractivity contribution in [1.29, 1.82) is 31.6 Å². The summed E-state index contributed by atoms with van der Waals surface area (Å²) in [4.78, 5) is 0. The van der Waals surface area contributed by atoms with Gasteiger partial charge in [0.15, 0.2) is 0 Å². The van der Waals surface area contributed by atoms with E-state index in [-0.39, 0.29) is 58.5 Å². The third-order valence-electron chi connectivity index (χ3n) is 0. The molecule has 0 aromatic rings. The van der Waals surface area contributed by atoms with Crippen LogP contribution in [0.3, 0.4) is 0 Å². The minimum atomic E-state index is 0. The van der Waals surface area contributed by atoms with Crippen molar-refractivity contribution in [3.8, 4) is 0 Å². The minimum absolute atomic E-state index is 0. The molecule has 0 bridgehead atoms. The van der Waals surface area contributed by atoms with E-state index in [1.54, 1.807) is 0 Å². The molecule has 0 unspecified atom stereocenters. The van der Waals surface area contributed by atoms with Gasteiger partial charge in [-0.05, 0) is 0 Å². The molecule has 0 rings (SSSR count). The first-order valence-electron chi connectivity index (χ1n) is 1.34. The largest absolute Gasteiger partial charge is 3.00 e. The van der Waals surface area contributed by atoms with Crippen LogP contribution in [0, 0.1) is 113 Å². The summed E-state index contributed by atoms with van der Waals surface area (Å²) < 4.78 is 0. The summed E-state index contributed by atoms with van der Waals surface area (Å²) in [5.41, 5.74) is 0. The van der Waals surface area contributed by atoms with E-state index in [4.69, 9.17) is 71.0 Å². The molecule has 0 heterocycles. The monoisotopic (exact) mass is 355 g/mol. The molecule has 0 aliphatic heterocycles. The van der Waals surface area contributed by atoms with Crippen molar-refractivity contribution < 1.29 is 58.5 Å². The van der Waals surface area contributed by atoms with E-state index in [1.165, 1.54) is 0 Å². The van der Waals surface area contributed by atoms with E-state index in [0.717, 1.165) is 0 Å². The first-order valence-corrected chi connectivity index (χ1v) is 1.34. The van der Waals surface area contributed by atoms with Crippen molar-refractivity contribution in [3.05, 3.63) is 39.4 Å². The molecule has 0 N–H and O–H groups in total. The average molecular weight is 355 g/mol. The van der Waals surface area contributed by atoms with Crippen LogP contribution in [0.5, 0.6) is 0 Å². The van der Waals surface area contributed by atoms with Gasteiger partial charge >= 0.3 is 58.5 Å². The molecule has 0 atom stereocenters. The molecule has 0 fully saturated rings. The van der Waals surface area contributed by atoms with Crippen LogP contribution in [-0.4, -0.2) is 0 Å². The Morgan fingerprint density at radius 3 is 0.357 bits per heavy atom. The van der Waals surface area contributed by atoms with Gasteiger partial charge < -0.3 is 71.0 Å². The van der Waals surface area contributed by atoms with Crippen LogP contribution < -0.4 is 0 Å². The molecule has 0 amide bonds. The van der Waals surface area contributed by atoms with Gasteiger partial charge in [-0.15, -0.1) is 0 Å². The van der Waals surface area contributed by atoms with Crippen molar-refractivity contribution in [3.63, 3.8) is 0 Å². The normalized spacial score (nSPS) is 0.857. The molecule has 6 nitrogen and oxygen atoms in total. The molecule has 0 aliphatic carbocycles. The fraction of sp³-hybridized carbons (Fsp3) is 0. The first-order chi connectivity index (χ1) is 6.00. The van der Waals surface area contributed by atoms with Gasteiger partial charge in [-0.2, -0.15) is 0 Å². The number of nitrogens with zero attached hydrogens (tertiary/aromatic N) is 6. The summed E-state index contributed by atoms with van der Waals surface area (Å²) in [6.45, 7) is 28.5. The van der Waals surface area contributed by atoms with E-state index < -0.39 is 0 Å². The van der Waals surface area contributed by atoms with Crippen molar-refractivity contribution in [2.75, 3.05) is 0 Å². The van der Waals surface area contributed by atoms with Crippen LogP contribution in [0.4, 0.5) is 0 Å². The summed E-state index contributed by atoms with van der Waals surface area (Å²) in [6, 6.07) is 0. The van der Waals surface area contributed by atoms with Gasteiger partial charge in [0.1, 0.15) is 0 Å². The first kappa shape index (κ1) is 77.1. The Morgan fingerprint density at radius 1 is 0.357 bits per heavy atom. The quantitative estimate of drug-likeness (QED) is 0.581. The van der Waals surface area contributed by atoms with Crippen molar-refractivity contribution in [2.24, 2.45) is 0 Å². The second kappa shape index (κ2) is 1000. The summed E-state index contributed by atoms with van der Waals surface area (Å²) in [5.74, 6) is 0. The minimum Gasteiger partial charge on any atom is -0.512 e. The molecule has 0 aliphatic rings. The maximum atomic E-state index is 6.25. The summed E-state index contributed by atoms with van der Waals surface area (Å²) >= 11 is 0. The zero-order valence-corrected chi connectivity index (χ0v) is 10.7. The van der Waals surface area contributed by atoms with E-state index in [9.17, 15) is 0 Å². The smallest absolute Gasteiger partial charge is 0.512 e. The number of hydrogen-bond donors (Lipinski definition) is 0. The fourth-order valence-corrected chi connectivity index (χ4v) is 0. The van der Waals surface area contributed by atoms with Crippen LogP contribution in [0.15, 0.2) is 0 Å².